The summed E-state index contributed by atoms with van der Waals surface area (Å²) in [6.07, 6.45) is 1.47. The molecule has 0 spiro atoms. The molecule has 0 aliphatic rings. The third-order valence-electron chi connectivity index (χ3n) is 5.39. The normalized spacial score (nSPS) is 11.5. The second-order valence-corrected chi connectivity index (χ2v) is 9.85. The summed E-state index contributed by atoms with van der Waals surface area (Å²) in [6.45, 7) is 1.29. The minimum absolute atomic E-state index is 0.213. The molecule has 0 atom stereocenters. The van der Waals surface area contributed by atoms with Gasteiger partial charge in [0.2, 0.25) is 5.82 Å². The number of benzene rings is 3. The molecule has 0 saturated carbocycles. The van der Waals surface area contributed by atoms with E-state index in [-0.39, 0.29) is 17.1 Å². The zero-order valence-electron chi connectivity index (χ0n) is 19.3. The van der Waals surface area contributed by atoms with Gasteiger partial charge < -0.3 is 13.9 Å². The van der Waals surface area contributed by atoms with Gasteiger partial charge in [0.25, 0.3) is 5.56 Å². The molecule has 0 amide bonds. The number of carbonyl (C=O) groups is 1. The van der Waals surface area contributed by atoms with Crippen LogP contribution in [0, 0.1) is 0 Å². The molecule has 0 unspecified atom stereocenters. The summed E-state index contributed by atoms with van der Waals surface area (Å²) < 4.78 is 18.8. The molecular formula is C26H16Br2ClN3O5. The molecule has 0 aliphatic heterocycles. The monoisotopic (exact) mass is 643 g/mol. The van der Waals surface area contributed by atoms with Crippen LogP contribution < -0.4 is 15.0 Å². The van der Waals surface area contributed by atoms with Crippen LogP contribution in [0.3, 0.4) is 0 Å². The van der Waals surface area contributed by atoms with Gasteiger partial charge in [-0.1, -0.05) is 23.7 Å². The molecule has 0 aliphatic carbocycles. The van der Waals surface area contributed by atoms with E-state index >= 15 is 0 Å². The number of hydrogen-bond donors (Lipinski definition) is 0. The van der Waals surface area contributed by atoms with Crippen molar-refractivity contribution < 1.29 is 18.7 Å². The summed E-state index contributed by atoms with van der Waals surface area (Å²) in [6, 6.07) is 15.6. The second-order valence-electron chi connectivity index (χ2n) is 7.83. The average molecular weight is 646 g/mol. The number of nitrogens with zero attached hydrogens (tertiary/aromatic N) is 3. The third kappa shape index (κ3) is 4.79. The molecule has 0 radical (unpaired) electrons. The highest BCUT2D eigenvalue weighted by Crippen LogP contribution is 2.42. The smallest absolute Gasteiger partial charge is 0.308 e. The van der Waals surface area contributed by atoms with Gasteiger partial charge in [-0.2, -0.15) is 9.78 Å². The molecule has 0 bridgehead atoms. The lowest BCUT2D eigenvalue weighted by molar-refractivity contribution is -0.132. The first-order valence-corrected chi connectivity index (χ1v) is 12.7. The molecule has 5 rings (SSSR count). The maximum absolute atomic E-state index is 13.5. The molecule has 11 heteroatoms. The second kappa shape index (κ2) is 10.1. The van der Waals surface area contributed by atoms with Crippen molar-refractivity contribution >= 4 is 77.5 Å². The first kappa shape index (κ1) is 25.2. The topological polar surface area (TPSA) is 95.9 Å². The van der Waals surface area contributed by atoms with Gasteiger partial charge in [0, 0.05) is 27.4 Å². The van der Waals surface area contributed by atoms with Crippen LogP contribution in [0.5, 0.6) is 11.5 Å². The summed E-state index contributed by atoms with van der Waals surface area (Å²) in [7, 11) is 1.45. The van der Waals surface area contributed by atoms with Gasteiger partial charge in [-0.05, 0) is 74.3 Å². The van der Waals surface area contributed by atoms with Crippen LogP contribution in [0.15, 0.2) is 77.9 Å². The first-order chi connectivity index (χ1) is 17.8. The zero-order chi connectivity index (χ0) is 26.3. The van der Waals surface area contributed by atoms with Crippen LogP contribution in [0.4, 0.5) is 0 Å². The van der Waals surface area contributed by atoms with E-state index < -0.39 is 5.97 Å². The van der Waals surface area contributed by atoms with E-state index in [4.69, 9.17) is 25.5 Å². The molecule has 0 fully saturated rings. The van der Waals surface area contributed by atoms with E-state index in [1.807, 2.05) is 0 Å². The van der Waals surface area contributed by atoms with Crippen molar-refractivity contribution in [3.63, 3.8) is 0 Å². The Balaban J connectivity index is 1.70. The highest BCUT2D eigenvalue weighted by Gasteiger charge is 2.20. The predicted octanol–water partition coefficient (Wildman–Crippen LogP) is 6.80. The Hall–Kier alpha value is -3.47. The fourth-order valence-corrected chi connectivity index (χ4v) is 4.81. The maximum atomic E-state index is 13.5. The highest BCUT2D eigenvalue weighted by atomic mass is 79.9. The Morgan fingerprint density at radius 1 is 1.14 bits per heavy atom. The van der Waals surface area contributed by atoms with Crippen molar-refractivity contribution in [3.8, 4) is 23.1 Å². The van der Waals surface area contributed by atoms with Gasteiger partial charge in [-0.15, -0.1) is 0 Å². The highest BCUT2D eigenvalue weighted by molar-refractivity contribution is 9.13. The Bertz CT molecular complexity index is 1800. The molecule has 0 saturated heterocycles. The van der Waals surface area contributed by atoms with Crippen molar-refractivity contribution in [2.24, 2.45) is 5.10 Å². The van der Waals surface area contributed by atoms with Crippen LogP contribution in [-0.2, 0) is 4.79 Å². The number of aromatic nitrogens is 2. The maximum Gasteiger partial charge on any atom is 0.308 e. The number of para-hydroxylation sites is 1. The number of hydrogen-bond acceptors (Lipinski definition) is 7. The van der Waals surface area contributed by atoms with Gasteiger partial charge in [-0.3, -0.25) is 9.59 Å². The largest absolute Gasteiger partial charge is 0.493 e. The zero-order valence-corrected chi connectivity index (χ0v) is 23.2. The fraction of sp³-hybridized carbons (Fsp3) is 0.0769. The van der Waals surface area contributed by atoms with Crippen LogP contribution in [0.25, 0.3) is 33.5 Å². The molecule has 0 N–H and O–H groups in total. The molecule has 186 valence electrons. The van der Waals surface area contributed by atoms with E-state index in [0.29, 0.717) is 47.5 Å². The quantitative estimate of drug-likeness (QED) is 0.119. The number of methoxy groups -OCH3 is 1. The summed E-state index contributed by atoms with van der Waals surface area (Å²) in [4.78, 5) is 29.7. The van der Waals surface area contributed by atoms with Crippen molar-refractivity contribution in [1.82, 2.24) is 9.66 Å². The lowest BCUT2D eigenvalue weighted by Crippen LogP contribution is -2.20. The van der Waals surface area contributed by atoms with E-state index in [1.165, 1.54) is 24.9 Å². The average Bonchev–Trinajstić information content (AvgIpc) is 3.30. The van der Waals surface area contributed by atoms with E-state index in [9.17, 15) is 9.59 Å². The van der Waals surface area contributed by atoms with E-state index in [2.05, 4.69) is 41.9 Å². The van der Waals surface area contributed by atoms with Crippen molar-refractivity contribution in [2.75, 3.05) is 7.11 Å². The van der Waals surface area contributed by atoms with Gasteiger partial charge in [0.15, 0.2) is 17.3 Å². The molecule has 3 aromatic carbocycles. The number of rotatable bonds is 5. The first-order valence-electron chi connectivity index (χ1n) is 10.8. The minimum Gasteiger partial charge on any atom is -0.493 e. The molecule has 8 nitrogen and oxygen atoms in total. The summed E-state index contributed by atoms with van der Waals surface area (Å²) >= 11 is 13.1. The van der Waals surface area contributed by atoms with Gasteiger partial charge in [0.05, 0.1) is 28.7 Å². The van der Waals surface area contributed by atoms with Crippen molar-refractivity contribution in [3.05, 3.63) is 84.5 Å². The summed E-state index contributed by atoms with van der Waals surface area (Å²) in [5.74, 6) is 0.569. The number of ether oxygens (including phenoxy) is 2. The Morgan fingerprint density at radius 3 is 2.68 bits per heavy atom. The lowest BCUT2D eigenvalue weighted by atomic mass is 10.2. The Kier molecular flexibility index (Phi) is 6.89. The lowest BCUT2D eigenvalue weighted by Gasteiger charge is -2.13. The van der Waals surface area contributed by atoms with E-state index in [0.717, 1.165) is 5.39 Å². The number of furan rings is 1. The SMILES string of the molecule is COc1cc(C=Nn2c(-c3cc4cc(Cl)ccc4o3)nc3ccccc3c2=O)c(Br)c(Br)c1OC(C)=O. The molecule has 2 heterocycles. The van der Waals surface area contributed by atoms with Crippen molar-refractivity contribution in [1.29, 1.82) is 0 Å². The van der Waals surface area contributed by atoms with Crippen LogP contribution in [0.2, 0.25) is 5.02 Å². The van der Waals surface area contributed by atoms with Crippen LogP contribution in [-0.4, -0.2) is 29.0 Å². The number of fused-ring (bicyclic) bond motifs is 2. The van der Waals surface area contributed by atoms with Crippen molar-refractivity contribution in [2.45, 2.75) is 6.92 Å². The third-order valence-corrected chi connectivity index (χ3v) is 7.76. The number of carbonyl (C=O) groups excluding carboxylic acids is 1. The summed E-state index contributed by atoms with van der Waals surface area (Å²) in [5.41, 5.74) is 1.26. The Morgan fingerprint density at radius 2 is 1.92 bits per heavy atom. The molecule has 37 heavy (non-hydrogen) atoms. The fourth-order valence-electron chi connectivity index (χ4n) is 3.72. The van der Waals surface area contributed by atoms with Crippen LogP contribution >= 0.6 is 43.5 Å². The van der Waals surface area contributed by atoms with Crippen LogP contribution in [0.1, 0.15) is 12.5 Å². The van der Waals surface area contributed by atoms with Gasteiger partial charge in [0.1, 0.15) is 5.58 Å². The van der Waals surface area contributed by atoms with Gasteiger partial charge >= 0.3 is 5.97 Å². The number of halogens is 3. The van der Waals surface area contributed by atoms with E-state index in [1.54, 1.807) is 54.6 Å². The predicted molar refractivity (Wildman–Crippen MR) is 149 cm³/mol. The molecule has 5 aromatic rings. The minimum atomic E-state index is -0.502. The molecular weight excluding hydrogens is 630 g/mol. The molecule has 2 aromatic heterocycles. The Labute approximate surface area is 231 Å². The number of esters is 1. The summed E-state index contributed by atoms with van der Waals surface area (Å²) in [5, 5.41) is 6.19. The standard InChI is InChI=1S/C26H16Br2ClN3O5/c1-13(33)36-24-20(35-2)11-15(22(27)23(24)28)12-30-32-25(31-18-6-4-3-5-17(18)26(32)34)21-10-14-9-16(29)7-8-19(14)37-21/h3-12H,1-2H3. The van der Waals surface area contributed by atoms with Gasteiger partial charge in [-0.25, -0.2) is 4.98 Å².